The van der Waals surface area contributed by atoms with Crippen molar-refractivity contribution in [1.29, 1.82) is 0 Å². The molecule has 2 amide bonds. The highest BCUT2D eigenvalue weighted by Crippen LogP contribution is 2.32. The van der Waals surface area contributed by atoms with Crippen LogP contribution < -0.4 is 20.7 Å². The smallest absolute Gasteiger partial charge is 0.240 e. The molecule has 0 heterocycles. The summed E-state index contributed by atoms with van der Waals surface area (Å²) in [6.45, 7) is 5.51. The molecule has 0 aliphatic rings. The first-order chi connectivity index (χ1) is 16.3. The molecular weight excluding hydrogens is 446 g/mol. The van der Waals surface area contributed by atoms with E-state index in [1.54, 1.807) is 18.2 Å². The number of carbonyl (C=O) groups excluding carboxylic acids is 2. The van der Waals surface area contributed by atoms with E-state index < -0.39 is 5.41 Å². The van der Waals surface area contributed by atoms with Crippen LogP contribution in [0.25, 0.3) is 0 Å². The third kappa shape index (κ3) is 5.61. The molecule has 3 rings (SSSR count). The molecule has 0 atom stereocenters. The van der Waals surface area contributed by atoms with Gasteiger partial charge >= 0.3 is 0 Å². The Bertz CT molecular complexity index is 1120. The zero-order valence-corrected chi connectivity index (χ0v) is 20.5. The fourth-order valence-corrected chi connectivity index (χ4v) is 3.72. The first kappa shape index (κ1) is 24.9. The summed E-state index contributed by atoms with van der Waals surface area (Å²) < 4.78 is 5.41. The summed E-state index contributed by atoms with van der Waals surface area (Å²) in [7, 11) is 1.52. The van der Waals surface area contributed by atoms with E-state index in [9.17, 15) is 9.59 Å². The van der Waals surface area contributed by atoms with E-state index >= 15 is 0 Å². The van der Waals surface area contributed by atoms with E-state index in [0.717, 1.165) is 11.1 Å². The molecule has 6 nitrogen and oxygen atoms in total. The Morgan fingerprint density at radius 2 is 1.44 bits per heavy atom. The summed E-state index contributed by atoms with van der Waals surface area (Å²) in [4.78, 5) is 25.6. The van der Waals surface area contributed by atoms with Gasteiger partial charge in [-0.15, -0.1) is 0 Å². The molecule has 3 aromatic rings. The molecular formula is C27H29N3O3S. The van der Waals surface area contributed by atoms with Crippen molar-refractivity contribution in [3.63, 3.8) is 0 Å². The van der Waals surface area contributed by atoms with E-state index in [4.69, 9.17) is 17.0 Å². The minimum atomic E-state index is -0.947. The van der Waals surface area contributed by atoms with Crippen molar-refractivity contribution in [2.24, 2.45) is 5.92 Å². The van der Waals surface area contributed by atoms with Crippen LogP contribution in [-0.4, -0.2) is 24.0 Å². The van der Waals surface area contributed by atoms with Crippen molar-refractivity contribution in [3.8, 4) is 5.75 Å². The van der Waals surface area contributed by atoms with Crippen molar-refractivity contribution < 1.29 is 14.3 Å². The molecule has 3 N–H and O–H groups in total. The van der Waals surface area contributed by atoms with Gasteiger partial charge in [0, 0.05) is 17.7 Å². The van der Waals surface area contributed by atoms with Crippen molar-refractivity contribution in [2.75, 3.05) is 17.7 Å². The molecule has 7 heteroatoms. The zero-order chi connectivity index (χ0) is 24.7. The van der Waals surface area contributed by atoms with Crippen LogP contribution in [0.4, 0.5) is 11.4 Å². The number of nitrogens with one attached hydrogen (secondary N) is 3. The van der Waals surface area contributed by atoms with Crippen LogP contribution in [0.1, 0.15) is 31.9 Å². The molecule has 0 fully saturated rings. The summed E-state index contributed by atoms with van der Waals surface area (Å²) >= 11 is 5.44. The lowest BCUT2D eigenvalue weighted by Crippen LogP contribution is -2.47. The van der Waals surface area contributed by atoms with Gasteiger partial charge < -0.3 is 20.7 Å². The third-order valence-corrected chi connectivity index (χ3v) is 5.83. The van der Waals surface area contributed by atoms with Gasteiger partial charge in [-0.2, -0.15) is 0 Å². The quantitative estimate of drug-likeness (QED) is 0.414. The largest absolute Gasteiger partial charge is 0.494 e. The maximum Gasteiger partial charge on any atom is 0.240 e. The second-order valence-electron chi connectivity index (χ2n) is 8.32. The third-order valence-electron chi connectivity index (χ3n) is 5.63. The Morgan fingerprint density at radius 3 is 1.94 bits per heavy atom. The maximum atomic E-state index is 13.5. The highest BCUT2D eigenvalue weighted by atomic mass is 32.1. The molecule has 0 aliphatic heterocycles. The Hall–Kier alpha value is -3.71. The van der Waals surface area contributed by atoms with Crippen LogP contribution in [0.5, 0.6) is 5.75 Å². The van der Waals surface area contributed by atoms with Crippen LogP contribution in [0, 0.1) is 5.92 Å². The molecule has 0 bridgehead atoms. The maximum absolute atomic E-state index is 13.5. The molecule has 0 radical (unpaired) electrons. The Morgan fingerprint density at radius 1 is 0.882 bits per heavy atom. The van der Waals surface area contributed by atoms with Crippen LogP contribution in [0.2, 0.25) is 0 Å². The number of ether oxygens (including phenoxy) is 1. The second kappa shape index (κ2) is 10.9. The number of benzene rings is 3. The van der Waals surface area contributed by atoms with E-state index in [-0.39, 0.29) is 22.8 Å². The number of hydrogen-bond donors (Lipinski definition) is 3. The van der Waals surface area contributed by atoms with Crippen molar-refractivity contribution in [3.05, 3.63) is 90.0 Å². The molecule has 0 saturated carbocycles. The predicted octanol–water partition coefficient (Wildman–Crippen LogP) is 5.11. The van der Waals surface area contributed by atoms with E-state index in [1.807, 2.05) is 81.4 Å². The van der Waals surface area contributed by atoms with E-state index in [2.05, 4.69) is 16.0 Å². The lowest BCUT2D eigenvalue weighted by molar-refractivity contribution is -0.123. The van der Waals surface area contributed by atoms with Gasteiger partial charge in [-0.3, -0.25) is 9.59 Å². The van der Waals surface area contributed by atoms with Gasteiger partial charge in [-0.05, 0) is 42.4 Å². The lowest BCUT2D eigenvalue weighted by Gasteiger charge is -2.30. The average Bonchev–Trinajstić information content (AvgIpc) is 2.85. The Kier molecular flexibility index (Phi) is 8.02. The molecule has 0 spiro atoms. The predicted molar refractivity (Wildman–Crippen MR) is 140 cm³/mol. The normalized spacial score (nSPS) is 11.0. The molecule has 0 unspecified atom stereocenters. The van der Waals surface area contributed by atoms with Gasteiger partial charge in [0.05, 0.1) is 18.2 Å². The second-order valence-corrected chi connectivity index (χ2v) is 8.73. The number of carbonyl (C=O) groups is 2. The van der Waals surface area contributed by atoms with Crippen LogP contribution >= 0.6 is 12.2 Å². The van der Waals surface area contributed by atoms with Crippen molar-refractivity contribution in [2.45, 2.75) is 26.2 Å². The SMILES string of the molecule is COc1cc(NC(=S)NC(=O)C(C)(c2ccccc2)c2ccccc2)ccc1NC(=O)C(C)C. The van der Waals surface area contributed by atoms with Crippen LogP contribution in [0.15, 0.2) is 78.9 Å². The summed E-state index contributed by atoms with van der Waals surface area (Å²) in [6, 6.07) is 24.4. The minimum Gasteiger partial charge on any atom is -0.494 e. The van der Waals surface area contributed by atoms with Gasteiger partial charge in [-0.25, -0.2) is 0 Å². The van der Waals surface area contributed by atoms with E-state index in [0.29, 0.717) is 17.1 Å². The van der Waals surface area contributed by atoms with Gasteiger partial charge in [0.25, 0.3) is 0 Å². The summed E-state index contributed by atoms with van der Waals surface area (Å²) in [5, 5.41) is 8.86. The number of thiocarbonyl (C=S) groups is 1. The highest BCUT2D eigenvalue weighted by Gasteiger charge is 2.37. The summed E-state index contributed by atoms with van der Waals surface area (Å²) in [6.07, 6.45) is 0. The number of amides is 2. The summed E-state index contributed by atoms with van der Waals surface area (Å²) in [5.41, 5.74) is 1.94. The molecule has 3 aromatic carbocycles. The monoisotopic (exact) mass is 475 g/mol. The molecule has 0 aromatic heterocycles. The van der Waals surface area contributed by atoms with Gasteiger partial charge in [0.2, 0.25) is 11.8 Å². The average molecular weight is 476 g/mol. The Labute approximate surface area is 205 Å². The zero-order valence-electron chi connectivity index (χ0n) is 19.7. The van der Waals surface area contributed by atoms with E-state index in [1.165, 1.54) is 7.11 Å². The number of hydrogen-bond acceptors (Lipinski definition) is 4. The lowest BCUT2D eigenvalue weighted by atomic mass is 9.75. The highest BCUT2D eigenvalue weighted by molar-refractivity contribution is 7.80. The molecule has 176 valence electrons. The minimum absolute atomic E-state index is 0.108. The van der Waals surface area contributed by atoms with Crippen molar-refractivity contribution >= 4 is 40.5 Å². The standard InChI is InChI=1S/C27H29N3O3S/c1-18(2)24(31)29-22-16-15-21(17-23(22)33-4)28-26(34)30-25(32)27(3,19-11-7-5-8-12-19)20-13-9-6-10-14-20/h5-18H,1-4H3,(H,29,31)(H2,28,30,32,34). The fraction of sp³-hybridized carbons (Fsp3) is 0.222. The Balaban J connectivity index is 1.79. The fourth-order valence-electron chi connectivity index (χ4n) is 3.51. The first-order valence-corrected chi connectivity index (χ1v) is 11.4. The molecule has 34 heavy (non-hydrogen) atoms. The van der Waals surface area contributed by atoms with Crippen LogP contribution in [0.3, 0.4) is 0 Å². The topological polar surface area (TPSA) is 79.5 Å². The van der Waals surface area contributed by atoms with Gasteiger partial charge in [-0.1, -0.05) is 74.5 Å². The van der Waals surface area contributed by atoms with Crippen LogP contribution in [-0.2, 0) is 15.0 Å². The molecule has 0 aliphatic carbocycles. The molecule has 0 saturated heterocycles. The number of anilines is 2. The first-order valence-electron chi connectivity index (χ1n) is 11.0. The number of rotatable bonds is 7. The van der Waals surface area contributed by atoms with Gasteiger partial charge in [0.1, 0.15) is 5.75 Å². The van der Waals surface area contributed by atoms with Gasteiger partial charge in [0.15, 0.2) is 5.11 Å². The number of methoxy groups -OCH3 is 1. The summed E-state index contributed by atoms with van der Waals surface area (Å²) in [5.74, 6) is -0.0431. The van der Waals surface area contributed by atoms with Crippen molar-refractivity contribution in [1.82, 2.24) is 5.32 Å².